The van der Waals surface area contributed by atoms with E-state index in [1.165, 1.54) is 12.1 Å². The number of hydrogen-bond acceptors (Lipinski definition) is 2. The normalized spacial score (nSPS) is 11.8. The number of hydrogen-bond donors (Lipinski definition) is 0. The van der Waals surface area contributed by atoms with Crippen molar-refractivity contribution in [2.75, 3.05) is 0 Å². The van der Waals surface area contributed by atoms with Crippen molar-refractivity contribution in [2.45, 2.75) is 13.1 Å². The first-order valence-corrected chi connectivity index (χ1v) is 5.88. The van der Waals surface area contributed by atoms with Gasteiger partial charge in [-0.25, -0.2) is 4.98 Å². The highest BCUT2D eigenvalue weighted by Gasteiger charge is 2.37. The Balaban J connectivity index is 2.55. The van der Waals surface area contributed by atoms with E-state index in [4.69, 9.17) is 11.6 Å². The Bertz CT molecular complexity index is 531. The number of rotatable bonds is 1. The van der Waals surface area contributed by atoms with Crippen molar-refractivity contribution in [3.8, 4) is 11.3 Å². The zero-order chi connectivity index (χ0) is 12.6. The molecule has 0 bridgehead atoms. The van der Waals surface area contributed by atoms with Crippen LogP contribution < -0.4 is 0 Å². The van der Waals surface area contributed by atoms with Gasteiger partial charge >= 0.3 is 6.18 Å². The number of benzene rings is 1. The summed E-state index contributed by atoms with van der Waals surface area (Å²) in [5.74, 6) is 0. The minimum absolute atomic E-state index is 0.0309. The van der Waals surface area contributed by atoms with Crippen molar-refractivity contribution >= 4 is 22.9 Å². The second-order valence-electron chi connectivity index (χ2n) is 3.42. The van der Waals surface area contributed by atoms with Gasteiger partial charge in [-0.1, -0.05) is 23.7 Å². The molecule has 1 aromatic carbocycles. The van der Waals surface area contributed by atoms with Gasteiger partial charge < -0.3 is 0 Å². The third kappa shape index (κ3) is 2.61. The molecule has 0 unspecified atom stereocenters. The SMILES string of the molecule is Cc1nc(-c2ccc(Cl)cc2)c(C(F)(F)F)s1. The van der Waals surface area contributed by atoms with E-state index >= 15 is 0 Å². The minimum atomic E-state index is -4.37. The highest BCUT2D eigenvalue weighted by molar-refractivity contribution is 7.12. The number of thiazole rings is 1. The monoisotopic (exact) mass is 277 g/mol. The molecule has 0 fully saturated rings. The van der Waals surface area contributed by atoms with E-state index in [0.29, 0.717) is 26.9 Å². The van der Waals surface area contributed by atoms with Crippen LogP contribution in [0.15, 0.2) is 24.3 Å². The molecular formula is C11H7ClF3NS. The molecule has 0 spiro atoms. The van der Waals surface area contributed by atoms with E-state index in [9.17, 15) is 13.2 Å². The van der Waals surface area contributed by atoms with Crippen molar-refractivity contribution in [1.82, 2.24) is 4.98 Å². The van der Waals surface area contributed by atoms with Gasteiger partial charge in [-0.05, 0) is 19.1 Å². The van der Waals surface area contributed by atoms with Crippen LogP contribution in [0.4, 0.5) is 13.2 Å². The van der Waals surface area contributed by atoms with Crippen molar-refractivity contribution in [1.29, 1.82) is 0 Å². The Kier molecular flexibility index (Phi) is 3.14. The second kappa shape index (κ2) is 4.31. The lowest BCUT2D eigenvalue weighted by Gasteiger charge is -2.06. The van der Waals surface area contributed by atoms with Crippen LogP contribution in [0.5, 0.6) is 0 Å². The van der Waals surface area contributed by atoms with Crippen LogP contribution >= 0.6 is 22.9 Å². The number of alkyl halides is 3. The van der Waals surface area contributed by atoms with Crippen LogP contribution in [0.1, 0.15) is 9.88 Å². The first kappa shape index (κ1) is 12.4. The molecule has 1 nitrogen and oxygen atoms in total. The van der Waals surface area contributed by atoms with Gasteiger partial charge in [0.2, 0.25) is 0 Å². The van der Waals surface area contributed by atoms with E-state index in [1.807, 2.05) is 0 Å². The Morgan fingerprint density at radius 1 is 1.18 bits per heavy atom. The Morgan fingerprint density at radius 2 is 1.76 bits per heavy atom. The molecule has 0 aliphatic carbocycles. The summed E-state index contributed by atoms with van der Waals surface area (Å²) >= 11 is 6.35. The molecule has 0 saturated carbocycles. The summed E-state index contributed by atoms with van der Waals surface area (Å²) in [5.41, 5.74) is 0.391. The van der Waals surface area contributed by atoms with Crippen LogP contribution in [0.3, 0.4) is 0 Å². The molecule has 1 heterocycles. The van der Waals surface area contributed by atoms with Gasteiger partial charge in [0.05, 0.1) is 10.7 Å². The summed E-state index contributed by atoms with van der Waals surface area (Å²) in [7, 11) is 0. The molecule has 1 aromatic heterocycles. The molecule has 0 saturated heterocycles. The summed E-state index contributed by atoms with van der Waals surface area (Å²) in [6, 6.07) is 6.16. The zero-order valence-corrected chi connectivity index (χ0v) is 10.2. The molecule has 0 atom stereocenters. The molecule has 6 heteroatoms. The van der Waals surface area contributed by atoms with Gasteiger partial charge in [-0.2, -0.15) is 13.2 Å². The number of nitrogens with zero attached hydrogens (tertiary/aromatic N) is 1. The average Bonchev–Trinajstić information content (AvgIpc) is 2.61. The number of halogens is 4. The molecule has 17 heavy (non-hydrogen) atoms. The van der Waals surface area contributed by atoms with Crippen molar-refractivity contribution in [2.24, 2.45) is 0 Å². The van der Waals surface area contributed by atoms with E-state index in [2.05, 4.69) is 4.98 Å². The van der Waals surface area contributed by atoms with Crippen LogP contribution in [0.25, 0.3) is 11.3 Å². The Morgan fingerprint density at radius 3 is 2.29 bits per heavy atom. The summed E-state index contributed by atoms with van der Waals surface area (Å²) in [6.07, 6.45) is -4.37. The standard InChI is InChI=1S/C11H7ClF3NS/c1-6-16-9(10(17-6)11(13,14)15)7-2-4-8(12)5-3-7/h2-5H,1H3. The summed E-state index contributed by atoms with van der Waals surface area (Å²) in [5, 5.41) is 0.872. The molecule has 90 valence electrons. The summed E-state index contributed by atoms with van der Waals surface area (Å²) in [4.78, 5) is 3.26. The van der Waals surface area contributed by atoms with Gasteiger partial charge in [-0.15, -0.1) is 11.3 Å². The van der Waals surface area contributed by atoms with Crippen LogP contribution in [0.2, 0.25) is 5.02 Å². The van der Waals surface area contributed by atoms with Crippen LogP contribution in [-0.2, 0) is 6.18 Å². The summed E-state index contributed by atoms with van der Waals surface area (Å²) in [6.45, 7) is 1.55. The molecule has 2 rings (SSSR count). The molecule has 0 N–H and O–H groups in total. The van der Waals surface area contributed by atoms with E-state index in [0.717, 1.165) is 0 Å². The van der Waals surface area contributed by atoms with Crippen LogP contribution in [-0.4, -0.2) is 4.98 Å². The predicted octanol–water partition coefficient (Wildman–Crippen LogP) is 4.79. The van der Waals surface area contributed by atoms with Gasteiger partial charge in [-0.3, -0.25) is 0 Å². The Labute approximate surface area is 105 Å². The van der Waals surface area contributed by atoms with E-state index in [-0.39, 0.29) is 5.69 Å². The first-order valence-electron chi connectivity index (χ1n) is 4.68. The van der Waals surface area contributed by atoms with Crippen LogP contribution in [0, 0.1) is 6.92 Å². The van der Waals surface area contributed by atoms with Gasteiger partial charge in [0.15, 0.2) is 0 Å². The van der Waals surface area contributed by atoms with Gasteiger partial charge in [0.25, 0.3) is 0 Å². The fraction of sp³-hybridized carbons (Fsp3) is 0.182. The van der Waals surface area contributed by atoms with Crippen molar-refractivity contribution in [3.63, 3.8) is 0 Å². The fourth-order valence-corrected chi connectivity index (χ4v) is 2.36. The largest absolute Gasteiger partial charge is 0.427 e. The van der Waals surface area contributed by atoms with Gasteiger partial charge in [0.1, 0.15) is 4.88 Å². The molecular weight excluding hydrogens is 271 g/mol. The van der Waals surface area contributed by atoms with Gasteiger partial charge in [0, 0.05) is 10.6 Å². The predicted molar refractivity (Wildman–Crippen MR) is 62.3 cm³/mol. The topological polar surface area (TPSA) is 12.9 Å². The van der Waals surface area contributed by atoms with Crippen molar-refractivity contribution in [3.05, 3.63) is 39.2 Å². The zero-order valence-electron chi connectivity index (χ0n) is 8.68. The smallest absolute Gasteiger partial charge is 0.241 e. The molecule has 0 radical (unpaired) electrons. The maximum Gasteiger partial charge on any atom is 0.427 e. The minimum Gasteiger partial charge on any atom is -0.241 e. The third-order valence-electron chi connectivity index (χ3n) is 2.11. The molecule has 0 aliphatic rings. The van der Waals surface area contributed by atoms with E-state index in [1.54, 1.807) is 19.1 Å². The average molecular weight is 278 g/mol. The third-order valence-corrected chi connectivity index (χ3v) is 3.38. The maximum absolute atomic E-state index is 12.8. The highest BCUT2D eigenvalue weighted by Crippen LogP contribution is 2.40. The lowest BCUT2D eigenvalue weighted by Crippen LogP contribution is -2.03. The quantitative estimate of drug-likeness (QED) is 0.730. The lowest BCUT2D eigenvalue weighted by molar-refractivity contribution is -0.134. The van der Waals surface area contributed by atoms with Crippen molar-refractivity contribution < 1.29 is 13.2 Å². The molecule has 0 amide bonds. The Hall–Kier alpha value is -1.07. The highest BCUT2D eigenvalue weighted by atomic mass is 35.5. The molecule has 0 aliphatic heterocycles. The second-order valence-corrected chi connectivity index (χ2v) is 5.05. The number of aryl methyl sites for hydroxylation is 1. The fourth-order valence-electron chi connectivity index (χ4n) is 1.42. The maximum atomic E-state index is 12.8. The summed E-state index contributed by atoms with van der Waals surface area (Å²) < 4.78 is 38.3. The van der Waals surface area contributed by atoms with E-state index < -0.39 is 11.1 Å². The molecule has 2 aromatic rings. The number of aromatic nitrogens is 1. The first-order chi connectivity index (χ1) is 7.88. The lowest BCUT2D eigenvalue weighted by atomic mass is 10.1.